The third kappa shape index (κ3) is 4.27. The van der Waals surface area contributed by atoms with Crippen LogP contribution in [0.15, 0.2) is 12.3 Å². The Bertz CT molecular complexity index is 1060. The quantitative estimate of drug-likeness (QED) is 0.676. The molecule has 0 bridgehead atoms. The molecule has 1 fully saturated rings. The number of halogens is 3. The SMILES string of the molecule is Cc1nc2c(cc1-c1cn(C(F)(F)F)c(C)n1)CC[C@@]1(CCN(C(=O)OC(C)(C)C)C1)N2. The molecule has 1 N–H and O–H groups in total. The van der Waals surface area contributed by atoms with Gasteiger partial charge in [-0.15, -0.1) is 13.2 Å². The van der Waals surface area contributed by atoms with Crippen LogP contribution in [0, 0.1) is 13.8 Å². The topological polar surface area (TPSA) is 72.3 Å². The summed E-state index contributed by atoms with van der Waals surface area (Å²) in [6, 6.07) is 1.88. The molecule has 7 nitrogen and oxygen atoms in total. The minimum absolute atomic E-state index is 0.116. The van der Waals surface area contributed by atoms with E-state index < -0.39 is 11.9 Å². The van der Waals surface area contributed by atoms with Crippen LogP contribution in [0.4, 0.5) is 23.8 Å². The van der Waals surface area contributed by atoms with E-state index >= 15 is 0 Å². The maximum Gasteiger partial charge on any atom is 0.489 e. The number of carbonyl (C=O) groups excluding carboxylic acids is 1. The number of ether oxygens (including phenoxy) is 1. The molecule has 1 amide bonds. The van der Waals surface area contributed by atoms with Gasteiger partial charge in [0.25, 0.3) is 0 Å². The van der Waals surface area contributed by atoms with Crippen molar-refractivity contribution >= 4 is 11.9 Å². The fourth-order valence-electron chi connectivity index (χ4n) is 4.41. The van der Waals surface area contributed by atoms with Gasteiger partial charge < -0.3 is 15.0 Å². The molecular formula is C22H28F3N5O2. The Morgan fingerprint density at radius 2 is 1.91 bits per heavy atom. The fraction of sp³-hybridized carbons (Fsp3) is 0.591. The lowest BCUT2D eigenvalue weighted by molar-refractivity contribution is -0.205. The average molecular weight is 451 g/mol. The van der Waals surface area contributed by atoms with Crippen LogP contribution >= 0.6 is 0 Å². The molecule has 10 heteroatoms. The van der Waals surface area contributed by atoms with E-state index in [0.717, 1.165) is 30.4 Å². The number of alkyl halides is 3. The number of rotatable bonds is 1. The number of nitrogens with zero attached hydrogens (tertiary/aromatic N) is 4. The Labute approximate surface area is 185 Å². The second-order valence-corrected chi connectivity index (χ2v) is 9.70. The van der Waals surface area contributed by atoms with Gasteiger partial charge in [0.15, 0.2) is 0 Å². The van der Waals surface area contributed by atoms with E-state index in [9.17, 15) is 18.0 Å². The molecule has 4 rings (SSSR count). The van der Waals surface area contributed by atoms with Crippen molar-refractivity contribution in [2.75, 3.05) is 18.4 Å². The molecule has 2 aliphatic heterocycles. The molecule has 4 heterocycles. The summed E-state index contributed by atoms with van der Waals surface area (Å²) in [5.74, 6) is 0.602. The van der Waals surface area contributed by atoms with Crippen LogP contribution in [0.1, 0.15) is 50.7 Å². The number of nitrogens with one attached hydrogen (secondary N) is 1. The van der Waals surface area contributed by atoms with Crippen LogP contribution in [-0.4, -0.2) is 49.8 Å². The van der Waals surface area contributed by atoms with Gasteiger partial charge in [-0.25, -0.2) is 19.3 Å². The van der Waals surface area contributed by atoms with Crippen molar-refractivity contribution in [3.05, 3.63) is 29.3 Å². The number of pyridine rings is 1. The Morgan fingerprint density at radius 1 is 1.19 bits per heavy atom. The van der Waals surface area contributed by atoms with Gasteiger partial charge in [0.2, 0.25) is 0 Å². The number of carbonyl (C=O) groups is 1. The van der Waals surface area contributed by atoms with Crippen molar-refractivity contribution in [1.82, 2.24) is 19.4 Å². The summed E-state index contributed by atoms with van der Waals surface area (Å²) in [4.78, 5) is 23.0. The molecule has 0 aromatic carbocycles. The molecule has 174 valence electrons. The summed E-state index contributed by atoms with van der Waals surface area (Å²) in [7, 11) is 0. The molecule has 2 aromatic heterocycles. The first-order valence-electron chi connectivity index (χ1n) is 10.7. The van der Waals surface area contributed by atoms with Crippen LogP contribution in [0.25, 0.3) is 11.3 Å². The lowest BCUT2D eigenvalue weighted by Crippen LogP contribution is -2.46. The molecule has 1 spiro atoms. The summed E-state index contributed by atoms with van der Waals surface area (Å²) in [6.07, 6.45) is -1.54. The largest absolute Gasteiger partial charge is 0.489 e. The Balaban J connectivity index is 1.55. The number of anilines is 1. The van der Waals surface area contributed by atoms with Crippen molar-refractivity contribution in [2.45, 2.75) is 71.3 Å². The van der Waals surface area contributed by atoms with Gasteiger partial charge in [-0.2, -0.15) is 0 Å². The molecule has 2 aliphatic rings. The van der Waals surface area contributed by atoms with E-state index in [0.29, 0.717) is 30.8 Å². The first-order valence-corrected chi connectivity index (χ1v) is 10.7. The van der Waals surface area contributed by atoms with E-state index in [1.165, 1.54) is 6.92 Å². The summed E-state index contributed by atoms with van der Waals surface area (Å²) in [5.41, 5.74) is 1.55. The number of fused-ring (bicyclic) bond motifs is 1. The van der Waals surface area contributed by atoms with Gasteiger partial charge in [-0.05, 0) is 65.5 Å². The summed E-state index contributed by atoms with van der Waals surface area (Å²) in [6.45, 7) is 9.75. The first-order chi connectivity index (χ1) is 14.8. The van der Waals surface area contributed by atoms with Gasteiger partial charge >= 0.3 is 12.4 Å². The van der Waals surface area contributed by atoms with Crippen LogP contribution in [-0.2, 0) is 17.5 Å². The minimum Gasteiger partial charge on any atom is -0.444 e. The van der Waals surface area contributed by atoms with Gasteiger partial charge in [0.1, 0.15) is 17.2 Å². The lowest BCUT2D eigenvalue weighted by atomic mass is 9.86. The predicted molar refractivity (Wildman–Crippen MR) is 113 cm³/mol. The van der Waals surface area contributed by atoms with Crippen molar-refractivity contribution < 1.29 is 22.7 Å². The summed E-state index contributed by atoms with van der Waals surface area (Å²) >= 11 is 0. The Hall–Kier alpha value is -2.78. The summed E-state index contributed by atoms with van der Waals surface area (Å²) < 4.78 is 45.2. The highest BCUT2D eigenvalue weighted by Gasteiger charge is 2.43. The molecule has 0 saturated carbocycles. The van der Waals surface area contributed by atoms with Crippen LogP contribution < -0.4 is 5.32 Å². The zero-order valence-electron chi connectivity index (χ0n) is 18.9. The monoisotopic (exact) mass is 451 g/mol. The zero-order valence-corrected chi connectivity index (χ0v) is 18.9. The third-order valence-corrected chi connectivity index (χ3v) is 5.99. The number of hydrogen-bond acceptors (Lipinski definition) is 5. The van der Waals surface area contributed by atoms with Crippen molar-refractivity contribution in [2.24, 2.45) is 0 Å². The fourth-order valence-corrected chi connectivity index (χ4v) is 4.41. The number of aryl methyl sites for hydroxylation is 3. The van der Waals surface area contributed by atoms with Gasteiger partial charge in [0.05, 0.1) is 11.2 Å². The van der Waals surface area contributed by atoms with Crippen LogP contribution in [0.2, 0.25) is 0 Å². The normalized spacial score (nSPS) is 20.9. The minimum atomic E-state index is -4.51. The van der Waals surface area contributed by atoms with Gasteiger partial charge in [-0.1, -0.05) is 0 Å². The average Bonchev–Trinajstić information content (AvgIpc) is 3.24. The molecule has 0 unspecified atom stereocenters. The van der Waals surface area contributed by atoms with E-state index in [2.05, 4.69) is 15.3 Å². The van der Waals surface area contributed by atoms with Crippen LogP contribution in [0.5, 0.6) is 0 Å². The van der Waals surface area contributed by atoms with E-state index in [1.54, 1.807) is 11.8 Å². The molecule has 2 aromatic rings. The second kappa shape index (κ2) is 7.38. The summed E-state index contributed by atoms with van der Waals surface area (Å²) in [5, 5.41) is 3.51. The maximum atomic E-state index is 13.2. The number of aromatic nitrogens is 3. The van der Waals surface area contributed by atoms with Gasteiger partial charge in [0, 0.05) is 30.5 Å². The maximum absolute atomic E-state index is 13.2. The number of likely N-dealkylation sites (tertiary alicyclic amines) is 1. The second-order valence-electron chi connectivity index (χ2n) is 9.70. The standard InChI is InChI=1S/C22H28F3N5O2/c1-13-16(17-11-30(14(2)27-17)22(23,24)25)10-15-6-7-21(28-18(15)26-13)8-9-29(12-21)19(31)32-20(3,4)5/h10-11H,6-9,12H2,1-5H3,(H,26,28)/t21-/m0/s1. The van der Waals surface area contributed by atoms with Gasteiger partial charge in [-0.3, -0.25) is 0 Å². The predicted octanol–water partition coefficient (Wildman–Crippen LogP) is 4.78. The number of amides is 1. The lowest BCUT2D eigenvalue weighted by Gasteiger charge is -2.36. The first kappa shape index (κ1) is 22.4. The Morgan fingerprint density at radius 3 is 2.53 bits per heavy atom. The highest BCUT2D eigenvalue weighted by atomic mass is 19.4. The molecule has 0 radical (unpaired) electrons. The number of imidazole rings is 1. The highest BCUT2D eigenvalue weighted by Crippen LogP contribution is 2.39. The molecular weight excluding hydrogens is 423 g/mol. The molecule has 1 saturated heterocycles. The third-order valence-electron chi connectivity index (χ3n) is 5.99. The highest BCUT2D eigenvalue weighted by molar-refractivity contribution is 5.70. The molecule has 32 heavy (non-hydrogen) atoms. The van der Waals surface area contributed by atoms with Crippen molar-refractivity contribution in [3.63, 3.8) is 0 Å². The smallest absolute Gasteiger partial charge is 0.444 e. The zero-order chi connectivity index (χ0) is 23.5. The van der Waals surface area contributed by atoms with Crippen molar-refractivity contribution in [3.8, 4) is 11.3 Å². The Kier molecular flexibility index (Phi) is 5.17. The van der Waals surface area contributed by atoms with Crippen LogP contribution in [0.3, 0.4) is 0 Å². The van der Waals surface area contributed by atoms with E-state index in [1.807, 2.05) is 26.8 Å². The number of hydrogen-bond donors (Lipinski definition) is 1. The molecule has 0 aliphatic carbocycles. The van der Waals surface area contributed by atoms with Crippen molar-refractivity contribution in [1.29, 1.82) is 0 Å². The van der Waals surface area contributed by atoms with E-state index in [4.69, 9.17) is 4.74 Å². The van der Waals surface area contributed by atoms with E-state index in [-0.39, 0.29) is 27.7 Å². The molecule has 1 atom stereocenters.